The fourth-order valence-electron chi connectivity index (χ4n) is 3.36. The van der Waals surface area contributed by atoms with Crippen LogP contribution in [0, 0.1) is 5.82 Å². The Morgan fingerprint density at radius 2 is 1.93 bits per heavy atom. The van der Waals surface area contributed by atoms with E-state index in [0.29, 0.717) is 16.5 Å². The molecule has 0 amide bonds. The number of halogens is 1. The second-order valence-corrected chi connectivity index (χ2v) is 6.63. The lowest BCUT2D eigenvalue weighted by Crippen LogP contribution is -2.21. The molecule has 0 bridgehead atoms. The molecule has 4 heterocycles. The second kappa shape index (κ2) is 6.42. The van der Waals surface area contributed by atoms with Crippen molar-refractivity contribution in [2.24, 2.45) is 0 Å². The molecule has 0 saturated carbocycles. The molecule has 4 aromatic heterocycles. The Hall–Kier alpha value is -3.80. The van der Waals surface area contributed by atoms with Crippen molar-refractivity contribution in [2.75, 3.05) is 0 Å². The first-order valence-electron chi connectivity index (χ1n) is 8.84. The molecule has 0 aliphatic rings. The van der Waals surface area contributed by atoms with Gasteiger partial charge in [-0.1, -0.05) is 18.2 Å². The Morgan fingerprint density at radius 3 is 2.82 bits per heavy atom. The maximum Gasteiger partial charge on any atom is 0.261 e. The Labute approximate surface area is 159 Å². The molecule has 0 spiro atoms. The molecule has 5 aromatic rings. The molecule has 28 heavy (non-hydrogen) atoms. The van der Waals surface area contributed by atoms with Crippen molar-refractivity contribution in [3.05, 3.63) is 101 Å². The zero-order valence-electron chi connectivity index (χ0n) is 14.8. The van der Waals surface area contributed by atoms with Crippen LogP contribution in [0.4, 0.5) is 4.39 Å². The van der Waals surface area contributed by atoms with Gasteiger partial charge in [0, 0.05) is 29.7 Å². The third kappa shape index (κ3) is 2.75. The van der Waals surface area contributed by atoms with Crippen molar-refractivity contribution in [2.45, 2.75) is 6.54 Å². The van der Waals surface area contributed by atoms with Crippen molar-refractivity contribution in [3.8, 4) is 11.1 Å². The van der Waals surface area contributed by atoms with Gasteiger partial charge in [0.15, 0.2) is 0 Å². The first kappa shape index (κ1) is 16.4. The van der Waals surface area contributed by atoms with E-state index in [-0.39, 0.29) is 17.9 Å². The van der Waals surface area contributed by atoms with Crippen LogP contribution in [0.3, 0.4) is 0 Å². The van der Waals surface area contributed by atoms with Crippen molar-refractivity contribution in [1.29, 1.82) is 0 Å². The monoisotopic (exact) mass is 370 g/mol. The zero-order chi connectivity index (χ0) is 19.1. The molecule has 0 N–H and O–H groups in total. The summed E-state index contributed by atoms with van der Waals surface area (Å²) in [5.41, 5.74) is 3.54. The van der Waals surface area contributed by atoms with Crippen LogP contribution in [0.5, 0.6) is 0 Å². The predicted molar refractivity (Wildman–Crippen MR) is 106 cm³/mol. The molecular weight excluding hydrogens is 355 g/mol. The Bertz CT molecular complexity index is 1390. The summed E-state index contributed by atoms with van der Waals surface area (Å²) in [7, 11) is 0. The Kier molecular flexibility index (Phi) is 3.76. The van der Waals surface area contributed by atoms with Gasteiger partial charge in [0.1, 0.15) is 5.82 Å². The quantitative estimate of drug-likeness (QED) is 0.484. The van der Waals surface area contributed by atoms with Gasteiger partial charge >= 0.3 is 0 Å². The smallest absolute Gasteiger partial charge is 0.261 e. The first-order valence-corrected chi connectivity index (χ1v) is 8.84. The summed E-state index contributed by atoms with van der Waals surface area (Å²) in [5, 5.41) is 0.467. The summed E-state index contributed by atoms with van der Waals surface area (Å²) in [4.78, 5) is 20.8. The highest BCUT2D eigenvalue weighted by atomic mass is 19.1. The Morgan fingerprint density at radius 1 is 1.04 bits per heavy atom. The van der Waals surface area contributed by atoms with Crippen LogP contribution in [0.2, 0.25) is 0 Å². The van der Waals surface area contributed by atoms with E-state index in [2.05, 4.69) is 9.97 Å². The highest BCUT2D eigenvalue weighted by Crippen LogP contribution is 2.23. The van der Waals surface area contributed by atoms with E-state index >= 15 is 0 Å². The number of fused-ring (bicyclic) bond motifs is 2. The van der Waals surface area contributed by atoms with Gasteiger partial charge in [-0.25, -0.2) is 9.37 Å². The molecule has 0 radical (unpaired) electrons. The van der Waals surface area contributed by atoms with Crippen LogP contribution in [0.1, 0.15) is 5.56 Å². The maximum atomic E-state index is 14.8. The molecule has 1 aromatic carbocycles. The van der Waals surface area contributed by atoms with Crippen LogP contribution in [-0.2, 0) is 6.54 Å². The number of aromatic nitrogens is 4. The number of benzene rings is 1. The molecule has 0 fully saturated rings. The average molecular weight is 370 g/mol. The number of hydrogen-bond acceptors (Lipinski definition) is 3. The summed E-state index contributed by atoms with van der Waals surface area (Å²) in [6.45, 7) is 0.118. The topological polar surface area (TPSA) is 52.2 Å². The minimum Gasteiger partial charge on any atom is -0.323 e. The lowest BCUT2D eigenvalue weighted by Gasteiger charge is -2.10. The summed E-state index contributed by atoms with van der Waals surface area (Å²) in [6, 6.07) is 14.7. The lowest BCUT2D eigenvalue weighted by atomic mass is 10.0. The predicted octanol–water partition coefficient (Wildman–Crippen LogP) is 3.90. The molecule has 136 valence electrons. The maximum absolute atomic E-state index is 14.8. The first-order chi connectivity index (χ1) is 13.7. The summed E-state index contributed by atoms with van der Waals surface area (Å²) in [5.74, 6) is -0.355. The molecular formula is C22H15FN4O. The second-order valence-electron chi connectivity index (χ2n) is 6.63. The highest BCUT2D eigenvalue weighted by Gasteiger charge is 2.09. The molecule has 0 aliphatic heterocycles. The van der Waals surface area contributed by atoms with Crippen LogP contribution in [-0.4, -0.2) is 18.9 Å². The van der Waals surface area contributed by atoms with E-state index in [0.717, 1.165) is 16.6 Å². The fraction of sp³-hybridized carbons (Fsp3) is 0.0455. The number of rotatable bonds is 3. The van der Waals surface area contributed by atoms with Crippen LogP contribution < -0.4 is 5.56 Å². The van der Waals surface area contributed by atoms with Gasteiger partial charge in [-0.05, 0) is 41.5 Å². The van der Waals surface area contributed by atoms with E-state index in [1.807, 2.05) is 47.1 Å². The highest BCUT2D eigenvalue weighted by molar-refractivity contribution is 5.75. The van der Waals surface area contributed by atoms with Gasteiger partial charge in [-0.2, -0.15) is 0 Å². The van der Waals surface area contributed by atoms with E-state index in [1.165, 1.54) is 23.2 Å². The lowest BCUT2D eigenvalue weighted by molar-refractivity contribution is 0.596. The number of hydrogen-bond donors (Lipinski definition) is 0. The van der Waals surface area contributed by atoms with E-state index in [1.54, 1.807) is 18.3 Å². The normalized spacial score (nSPS) is 11.3. The molecule has 5 nitrogen and oxygen atoms in total. The molecule has 5 rings (SSSR count). The standard InChI is InChI=1S/C22H15FN4O/c23-20-10-15(16-5-6-18-2-1-9-26(18)12-16)3-4-17(20)13-27-14-25-21-11-24-8-7-19(21)22(27)28/h1-12,14H,13H2. The van der Waals surface area contributed by atoms with E-state index in [9.17, 15) is 9.18 Å². The zero-order valence-corrected chi connectivity index (χ0v) is 14.8. The third-order valence-electron chi connectivity index (χ3n) is 4.88. The van der Waals surface area contributed by atoms with Gasteiger partial charge in [-0.3, -0.25) is 14.3 Å². The largest absolute Gasteiger partial charge is 0.323 e. The summed E-state index contributed by atoms with van der Waals surface area (Å²) in [6.07, 6.45) is 8.44. The number of nitrogens with zero attached hydrogens (tertiary/aromatic N) is 4. The molecule has 0 atom stereocenters. The molecule has 0 aliphatic carbocycles. The third-order valence-corrected chi connectivity index (χ3v) is 4.88. The van der Waals surface area contributed by atoms with Gasteiger partial charge < -0.3 is 4.40 Å². The average Bonchev–Trinajstić information content (AvgIpc) is 3.19. The minimum atomic E-state index is -0.355. The molecule has 6 heteroatoms. The van der Waals surface area contributed by atoms with Crippen molar-refractivity contribution in [3.63, 3.8) is 0 Å². The number of pyridine rings is 2. The molecule has 0 unspecified atom stereocenters. The van der Waals surface area contributed by atoms with E-state index < -0.39 is 0 Å². The fourth-order valence-corrected chi connectivity index (χ4v) is 3.36. The summed E-state index contributed by atoms with van der Waals surface area (Å²) < 4.78 is 18.2. The SMILES string of the molecule is O=c1c2ccncc2ncn1Cc1ccc(-c2ccc3cccn3c2)cc1F. The van der Waals surface area contributed by atoms with Crippen molar-refractivity contribution >= 4 is 16.4 Å². The van der Waals surface area contributed by atoms with Gasteiger partial charge in [0.25, 0.3) is 5.56 Å². The van der Waals surface area contributed by atoms with Gasteiger partial charge in [-0.15, -0.1) is 0 Å². The van der Waals surface area contributed by atoms with E-state index in [4.69, 9.17) is 0 Å². The van der Waals surface area contributed by atoms with Crippen LogP contribution >= 0.6 is 0 Å². The minimum absolute atomic E-state index is 0.118. The molecule has 0 saturated heterocycles. The van der Waals surface area contributed by atoms with Gasteiger partial charge in [0.2, 0.25) is 0 Å². The van der Waals surface area contributed by atoms with Crippen LogP contribution in [0.15, 0.2) is 84.4 Å². The van der Waals surface area contributed by atoms with Gasteiger partial charge in [0.05, 0.1) is 30.0 Å². The Balaban J connectivity index is 1.50. The summed E-state index contributed by atoms with van der Waals surface area (Å²) >= 11 is 0. The van der Waals surface area contributed by atoms with Crippen molar-refractivity contribution in [1.82, 2.24) is 18.9 Å². The van der Waals surface area contributed by atoms with Crippen molar-refractivity contribution < 1.29 is 4.39 Å². The van der Waals surface area contributed by atoms with Crippen LogP contribution in [0.25, 0.3) is 27.5 Å².